The van der Waals surface area contributed by atoms with Gasteiger partial charge in [-0.05, 0) is 18.1 Å². The van der Waals surface area contributed by atoms with Crippen LogP contribution in [-0.4, -0.2) is 38.5 Å². The van der Waals surface area contributed by atoms with Crippen molar-refractivity contribution in [3.8, 4) is 0 Å². The Bertz CT molecular complexity index is 928. The second-order valence-electron chi connectivity index (χ2n) is 6.39. The number of benzene rings is 2. The van der Waals surface area contributed by atoms with Crippen LogP contribution in [0.2, 0.25) is 0 Å². The molecule has 3 rings (SSSR count). The number of rotatable bonds is 7. The minimum Gasteiger partial charge on any atom is -0.439 e. The minimum atomic E-state index is -3.72. The van der Waals surface area contributed by atoms with Crippen LogP contribution in [0.25, 0.3) is 0 Å². The molecule has 0 aromatic heterocycles. The molecule has 142 valence electrons. The zero-order valence-corrected chi connectivity index (χ0v) is 15.6. The maximum absolute atomic E-state index is 12.7. The van der Waals surface area contributed by atoms with Crippen LogP contribution in [0.5, 0.6) is 0 Å². The van der Waals surface area contributed by atoms with Crippen molar-refractivity contribution in [2.75, 3.05) is 13.2 Å². The quantitative estimate of drug-likeness (QED) is 0.784. The van der Waals surface area contributed by atoms with Crippen LogP contribution >= 0.6 is 0 Å². The molecule has 2 aromatic rings. The first kappa shape index (κ1) is 19.1. The predicted octanol–water partition coefficient (Wildman–Crippen LogP) is 2.13. The van der Waals surface area contributed by atoms with Crippen LogP contribution in [0.3, 0.4) is 0 Å². The summed E-state index contributed by atoms with van der Waals surface area (Å²) in [6.45, 7) is 1.44. The topological polar surface area (TPSA) is 92.8 Å². The number of imide groups is 1. The number of cyclic esters (lactones) is 1. The number of carbonyl (C=O) groups is 2. The van der Waals surface area contributed by atoms with Crippen molar-refractivity contribution in [1.29, 1.82) is 0 Å². The third-order valence-electron chi connectivity index (χ3n) is 4.17. The van der Waals surface area contributed by atoms with E-state index in [2.05, 4.69) is 4.72 Å². The molecule has 1 atom stereocenters. The smallest absolute Gasteiger partial charge is 0.417 e. The molecule has 2 aromatic carbocycles. The standard InChI is InChI=1S/C19H20N2O5S/c1-14-6-5-7-15(10-14)13-27(24,25)20-17(16-8-3-2-4-9-16)11-21-18(22)12-26-19(21)23/h2-10,17,20H,11-13H2,1H3. The lowest BCUT2D eigenvalue weighted by Gasteiger charge is -2.22. The van der Waals surface area contributed by atoms with Crippen molar-refractivity contribution in [3.63, 3.8) is 0 Å². The van der Waals surface area contributed by atoms with E-state index in [-0.39, 0.29) is 18.9 Å². The summed E-state index contributed by atoms with van der Waals surface area (Å²) in [7, 11) is -3.72. The number of aryl methyl sites for hydroxylation is 1. The number of amides is 2. The fraction of sp³-hybridized carbons (Fsp3) is 0.263. The lowest BCUT2D eigenvalue weighted by Crippen LogP contribution is -2.40. The molecule has 8 heteroatoms. The molecule has 1 aliphatic rings. The maximum Gasteiger partial charge on any atom is 0.417 e. The molecule has 1 fully saturated rings. The maximum atomic E-state index is 12.7. The summed E-state index contributed by atoms with van der Waals surface area (Å²) < 4.78 is 32.7. The number of hydrogen-bond donors (Lipinski definition) is 1. The summed E-state index contributed by atoms with van der Waals surface area (Å²) in [5.74, 6) is -0.685. The Labute approximate surface area is 158 Å². The molecule has 0 radical (unpaired) electrons. The second kappa shape index (κ2) is 7.89. The number of carbonyl (C=O) groups excluding carboxylic acids is 2. The Morgan fingerprint density at radius 3 is 2.48 bits per heavy atom. The highest BCUT2D eigenvalue weighted by Crippen LogP contribution is 2.19. The highest BCUT2D eigenvalue weighted by molar-refractivity contribution is 7.88. The van der Waals surface area contributed by atoms with E-state index in [9.17, 15) is 18.0 Å². The fourth-order valence-corrected chi connectivity index (χ4v) is 4.26. The van der Waals surface area contributed by atoms with Crippen LogP contribution in [0, 0.1) is 6.92 Å². The van der Waals surface area contributed by atoms with Gasteiger partial charge < -0.3 is 4.74 Å². The van der Waals surface area contributed by atoms with E-state index in [1.807, 2.05) is 13.0 Å². The van der Waals surface area contributed by atoms with Gasteiger partial charge in [-0.1, -0.05) is 60.2 Å². The zero-order chi connectivity index (χ0) is 19.4. The van der Waals surface area contributed by atoms with E-state index in [4.69, 9.17) is 4.74 Å². The molecule has 0 spiro atoms. The molecular formula is C19H20N2O5S. The largest absolute Gasteiger partial charge is 0.439 e. The van der Waals surface area contributed by atoms with E-state index >= 15 is 0 Å². The number of sulfonamides is 1. The van der Waals surface area contributed by atoms with Crippen LogP contribution in [0.4, 0.5) is 4.79 Å². The van der Waals surface area contributed by atoms with Crippen molar-refractivity contribution < 1.29 is 22.7 Å². The van der Waals surface area contributed by atoms with Crippen LogP contribution in [-0.2, 0) is 25.3 Å². The summed E-state index contributed by atoms with van der Waals surface area (Å²) in [6.07, 6.45) is -0.765. The number of hydrogen-bond acceptors (Lipinski definition) is 5. The normalized spacial score (nSPS) is 15.7. The van der Waals surface area contributed by atoms with Gasteiger partial charge in [0, 0.05) is 0 Å². The minimum absolute atomic E-state index is 0.130. The monoisotopic (exact) mass is 388 g/mol. The Balaban J connectivity index is 1.82. The fourth-order valence-electron chi connectivity index (χ4n) is 2.92. The lowest BCUT2D eigenvalue weighted by atomic mass is 10.1. The van der Waals surface area contributed by atoms with Crippen LogP contribution in [0.1, 0.15) is 22.7 Å². The molecular weight excluding hydrogens is 368 g/mol. The Kier molecular flexibility index (Phi) is 5.57. The average Bonchev–Trinajstić information content (AvgIpc) is 2.93. The van der Waals surface area contributed by atoms with Gasteiger partial charge >= 0.3 is 6.09 Å². The first-order valence-corrected chi connectivity index (χ1v) is 10.1. The molecule has 1 saturated heterocycles. The van der Waals surface area contributed by atoms with Gasteiger partial charge in [0.05, 0.1) is 18.3 Å². The van der Waals surface area contributed by atoms with Gasteiger partial charge in [0.1, 0.15) is 0 Å². The molecule has 0 saturated carbocycles. The highest BCUT2D eigenvalue weighted by Gasteiger charge is 2.34. The van der Waals surface area contributed by atoms with Crippen molar-refractivity contribution in [2.45, 2.75) is 18.7 Å². The van der Waals surface area contributed by atoms with Gasteiger partial charge in [0.15, 0.2) is 6.61 Å². The number of ether oxygens (including phenoxy) is 1. The van der Waals surface area contributed by atoms with Gasteiger partial charge in [0.2, 0.25) is 10.0 Å². The molecule has 1 N–H and O–H groups in total. The van der Waals surface area contributed by atoms with E-state index in [0.29, 0.717) is 11.1 Å². The van der Waals surface area contributed by atoms with Crippen molar-refractivity contribution in [3.05, 3.63) is 71.3 Å². The molecule has 1 heterocycles. The van der Waals surface area contributed by atoms with Gasteiger partial charge in [-0.2, -0.15) is 0 Å². The lowest BCUT2D eigenvalue weighted by molar-refractivity contribution is -0.126. The molecule has 7 nitrogen and oxygen atoms in total. The summed E-state index contributed by atoms with van der Waals surface area (Å²) >= 11 is 0. The molecule has 0 aliphatic carbocycles. The first-order chi connectivity index (χ1) is 12.8. The summed E-state index contributed by atoms with van der Waals surface area (Å²) in [5, 5.41) is 0. The molecule has 27 heavy (non-hydrogen) atoms. The molecule has 1 aliphatic heterocycles. The average molecular weight is 388 g/mol. The Morgan fingerprint density at radius 1 is 1.11 bits per heavy atom. The summed E-state index contributed by atoms with van der Waals surface area (Å²) in [6, 6.07) is 15.3. The highest BCUT2D eigenvalue weighted by atomic mass is 32.2. The van der Waals surface area contributed by atoms with E-state index < -0.39 is 28.1 Å². The van der Waals surface area contributed by atoms with Gasteiger partial charge in [0.25, 0.3) is 5.91 Å². The second-order valence-corrected chi connectivity index (χ2v) is 8.14. The van der Waals surface area contributed by atoms with Crippen molar-refractivity contribution in [2.24, 2.45) is 0 Å². The van der Waals surface area contributed by atoms with E-state index in [1.165, 1.54) is 0 Å². The van der Waals surface area contributed by atoms with Crippen molar-refractivity contribution >= 4 is 22.0 Å². The zero-order valence-electron chi connectivity index (χ0n) is 14.8. The Morgan fingerprint density at radius 2 is 1.85 bits per heavy atom. The molecule has 0 bridgehead atoms. The third kappa shape index (κ3) is 4.93. The predicted molar refractivity (Wildman–Crippen MR) is 99.2 cm³/mol. The summed E-state index contributed by atoms with van der Waals surface area (Å²) in [5.41, 5.74) is 2.27. The van der Waals surface area contributed by atoms with E-state index in [1.54, 1.807) is 48.5 Å². The molecule has 1 unspecified atom stereocenters. The van der Waals surface area contributed by atoms with Crippen molar-refractivity contribution in [1.82, 2.24) is 9.62 Å². The number of nitrogens with one attached hydrogen (secondary N) is 1. The molecule has 2 amide bonds. The summed E-state index contributed by atoms with van der Waals surface area (Å²) in [4.78, 5) is 24.5. The van der Waals surface area contributed by atoms with Crippen LogP contribution < -0.4 is 4.72 Å². The van der Waals surface area contributed by atoms with Gasteiger partial charge in [-0.3, -0.25) is 4.79 Å². The Hall–Kier alpha value is -2.71. The third-order valence-corrected chi connectivity index (χ3v) is 5.53. The van der Waals surface area contributed by atoms with Crippen LogP contribution in [0.15, 0.2) is 54.6 Å². The SMILES string of the molecule is Cc1cccc(CS(=O)(=O)NC(CN2C(=O)COC2=O)c2ccccc2)c1. The van der Waals surface area contributed by atoms with Gasteiger partial charge in [-0.25, -0.2) is 22.8 Å². The number of nitrogens with zero attached hydrogens (tertiary/aromatic N) is 1. The van der Waals surface area contributed by atoms with E-state index in [0.717, 1.165) is 10.5 Å². The first-order valence-electron chi connectivity index (χ1n) is 8.42. The van der Waals surface area contributed by atoms with Gasteiger partial charge in [-0.15, -0.1) is 0 Å².